The lowest BCUT2D eigenvalue weighted by molar-refractivity contribution is -0.870. The van der Waals surface area contributed by atoms with Gasteiger partial charge in [0.2, 0.25) is 0 Å². The molecule has 0 aromatic carbocycles. The number of hydrogen-bond donors (Lipinski definition) is 0. The molecule has 0 N–H and O–H groups in total. The van der Waals surface area contributed by atoms with Gasteiger partial charge in [-0.05, 0) is 44.9 Å². The Morgan fingerprint density at radius 2 is 0.540 bits per heavy atom. The Morgan fingerprint density at radius 3 is 0.790 bits per heavy atom. The summed E-state index contributed by atoms with van der Waals surface area (Å²) >= 11 is 0. The van der Waals surface area contributed by atoms with Crippen LogP contribution in [0.15, 0.2) is 24.3 Å². The number of carbonyl (C=O) groups excluding carboxylic acids is 3. The molecular weight excluding hydrogens is 1230 g/mol. The van der Waals surface area contributed by atoms with Crippen molar-refractivity contribution in [2.24, 2.45) is 0 Å². The third-order valence-electron chi connectivity index (χ3n) is 21.0. The van der Waals surface area contributed by atoms with E-state index < -0.39 is 24.3 Å². The first-order chi connectivity index (χ1) is 49.1. The quantitative estimate of drug-likeness (QED) is 0.0195. The summed E-state index contributed by atoms with van der Waals surface area (Å²) in [5.41, 5.74) is 0. The molecule has 2 unspecified atom stereocenters. The highest BCUT2D eigenvalue weighted by Crippen LogP contribution is 2.21. The van der Waals surface area contributed by atoms with E-state index in [1.165, 1.54) is 411 Å². The number of rotatable bonds is 86. The number of hydrogen-bond acceptors (Lipinski definition) is 8. The average Bonchev–Trinajstić information content (AvgIpc) is 1.67. The van der Waals surface area contributed by atoms with E-state index in [4.69, 9.17) is 18.9 Å². The monoisotopic (exact) mass is 1410 g/mol. The van der Waals surface area contributed by atoms with Crippen LogP contribution in [0.2, 0.25) is 0 Å². The van der Waals surface area contributed by atoms with Gasteiger partial charge in [0, 0.05) is 12.8 Å². The summed E-state index contributed by atoms with van der Waals surface area (Å²) in [6.45, 7) is 4.84. The maximum atomic E-state index is 13.0. The van der Waals surface area contributed by atoms with Crippen LogP contribution < -0.4 is 5.11 Å². The highest BCUT2D eigenvalue weighted by Gasteiger charge is 2.22. The molecule has 100 heavy (non-hydrogen) atoms. The second-order valence-electron chi connectivity index (χ2n) is 32.3. The summed E-state index contributed by atoms with van der Waals surface area (Å²) in [5, 5.41) is 11.9. The number of unbranched alkanes of at least 4 members (excludes halogenated alkanes) is 67. The molecule has 0 saturated heterocycles. The minimum Gasteiger partial charge on any atom is -0.545 e. The van der Waals surface area contributed by atoms with Crippen LogP contribution in [0, 0.1) is 0 Å². The molecule has 0 aromatic heterocycles. The van der Waals surface area contributed by atoms with Crippen LogP contribution in [0.4, 0.5) is 0 Å². The predicted molar refractivity (Wildman–Crippen MR) is 431 cm³/mol. The first-order valence-corrected chi connectivity index (χ1v) is 45.0. The van der Waals surface area contributed by atoms with Crippen LogP contribution in [0.3, 0.4) is 0 Å². The maximum absolute atomic E-state index is 13.0. The van der Waals surface area contributed by atoms with Gasteiger partial charge in [-0.3, -0.25) is 9.59 Å². The summed E-state index contributed by atoms with van der Waals surface area (Å²) in [6.07, 6.45) is 104. The molecule has 0 heterocycles. The Balaban J connectivity index is 3.88. The second-order valence-corrected chi connectivity index (χ2v) is 32.3. The Bertz CT molecular complexity index is 1690. The molecule has 0 rings (SSSR count). The molecular formula is C91H175NO8. The summed E-state index contributed by atoms with van der Waals surface area (Å²) < 4.78 is 22.9. The molecule has 2 atom stereocenters. The van der Waals surface area contributed by atoms with E-state index >= 15 is 0 Å². The largest absolute Gasteiger partial charge is 0.545 e. The van der Waals surface area contributed by atoms with Crippen molar-refractivity contribution in [2.75, 3.05) is 47.5 Å². The lowest BCUT2D eigenvalue weighted by Crippen LogP contribution is -2.44. The van der Waals surface area contributed by atoms with Crippen LogP contribution in [0.5, 0.6) is 0 Å². The zero-order valence-corrected chi connectivity index (χ0v) is 68.1. The van der Waals surface area contributed by atoms with Crippen molar-refractivity contribution in [1.29, 1.82) is 0 Å². The summed E-state index contributed by atoms with van der Waals surface area (Å²) in [6, 6.07) is 0. The van der Waals surface area contributed by atoms with E-state index in [-0.39, 0.29) is 32.2 Å². The van der Waals surface area contributed by atoms with Gasteiger partial charge in [-0.15, -0.1) is 0 Å². The molecule has 0 aliphatic heterocycles. The fraction of sp³-hybridized carbons (Fsp3) is 0.923. The zero-order valence-electron chi connectivity index (χ0n) is 68.1. The SMILES string of the molecule is CCCCCCC/C=C\C/C=C\CCCCCCCCCCCCCCCCCCCCCCCCCC(=O)OC(COC(=O)CCCCCCCCCCCCCCCCCCCCCCCCCCCCCCCCCCCCCCCCCC)COC(OCC[N+](C)(C)C)C(=O)[O-]. The highest BCUT2D eigenvalue weighted by molar-refractivity contribution is 5.70. The number of carbonyl (C=O) groups is 3. The van der Waals surface area contributed by atoms with Crippen molar-refractivity contribution in [3.05, 3.63) is 24.3 Å². The number of allylic oxidation sites excluding steroid dienone is 4. The van der Waals surface area contributed by atoms with Gasteiger partial charge in [-0.2, -0.15) is 0 Å². The number of nitrogens with zero attached hydrogens (tertiary/aromatic N) is 1. The lowest BCUT2D eigenvalue weighted by Gasteiger charge is -2.26. The van der Waals surface area contributed by atoms with E-state index in [1.807, 2.05) is 21.1 Å². The molecule has 0 amide bonds. The van der Waals surface area contributed by atoms with Crippen molar-refractivity contribution in [2.45, 2.75) is 495 Å². The molecule has 0 fully saturated rings. The van der Waals surface area contributed by atoms with Crippen molar-refractivity contribution >= 4 is 17.9 Å². The summed E-state index contributed by atoms with van der Waals surface area (Å²) in [5.74, 6) is -2.24. The van der Waals surface area contributed by atoms with Gasteiger partial charge in [-0.1, -0.05) is 449 Å². The Labute approximate surface area is 624 Å². The molecule has 9 heteroatoms. The fourth-order valence-corrected chi connectivity index (χ4v) is 14.1. The summed E-state index contributed by atoms with van der Waals surface area (Å²) in [4.78, 5) is 37.7. The van der Waals surface area contributed by atoms with Crippen molar-refractivity contribution < 1.29 is 42.9 Å². The van der Waals surface area contributed by atoms with Gasteiger partial charge in [0.25, 0.3) is 0 Å². The smallest absolute Gasteiger partial charge is 0.306 e. The highest BCUT2D eigenvalue weighted by atomic mass is 16.7. The van der Waals surface area contributed by atoms with Gasteiger partial charge >= 0.3 is 11.9 Å². The first kappa shape index (κ1) is 97.8. The van der Waals surface area contributed by atoms with Crippen molar-refractivity contribution in [3.63, 3.8) is 0 Å². The summed E-state index contributed by atoms with van der Waals surface area (Å²) in [7, 11) is 5.96. The normalized spacial score (nSPS) is 12.6. The standard InChI is InChI=1S/C91H175NO8/c1-6-8-10-12-14-16-18-20-22-24-26-28-30-32-34-36-38-40-42-43-44-45-46-48-49-51-53-55-57-59-61-63-65-67-69-71-73-75-77-79-81-88(93)98-85-87(86-99-91(90(95)96)97-84-83-92(3,4)5)100-89(94)82-80-78-76-74-72-70-68-66-64-62-60-58-56-54-52-50-47-41-39-37-35-33-31-29-27-25-23-21-19-17-15-13-11-9-7-2/h19,21,25,27,87,91H,6-18,20,22-24,26,28-86H2,1-5H3/b21-19-,27-25-. The van der Waals surface area contributed by atoms with E-state index in [1.54, 1.807) is 0 Å². The lowest BCUT2D eigenvalue weighted by atomic mass is 10.0. The van der Waals surface area contributed by atoms with E-state index in [0.29, 0.717) is 17.4 Å². The average molecular weight is 1410 g/mol. The molecule has 0 aromatic rings. The molecule has 592 valence electrons. The third kappa shape index (κ3) is 83.0. The third-order valence-corrected chi connectivity index (χ3v) is 21.0. The van der Waals surface area contributed by atoms with Crippen LogP contribution in [0.25, 0.3) is 0 Å². The number of likely N-dealkylation sites (N-methyl/N-ethyl adjacent to an activating group) is 1. The van der Waals surface area contributed by atoms with Crippen LogP contribution in [-0.2, 0) is 33.3 Å². The molecule has 0 saturated carbocycles. The van der Waals surface area contributed by atoms with Gasteiger partial charge in [0.05, 0.1) is 40.3 Å². The Hall–Kier alpha value is -2.23. The predicted octanol–water partition coefficient (Wildman–Crippen LogP) is 27.9. The second kappa shape index (κ2) is 82.4. The van der Waals surface area contributed by atoms with Crippen molar-refractivity contribution in [1.82, 2.24) is 0 Å². The van der Waals surface area contributed by atoms with E-state index in [2.05, 4.69) is 38.2 Å². The fourth-order valence-electron chi connectivity index (χ4n) is 14.1. The minimum atomic E-state index is -1.62. The Morgan fingerprint density at radius 1 is 0.300 bits per heavy atom. The maximum Gasteiger partial charge on any atom is 0.306 e. The molecule has 0 aliphatic carbocycles. The number of carboxylic acid groups (broad SMARTS) is 1. The number of quaternary nitrogens is 1. The van der Waals surface area contributed by atoms with E-state index in [9.17, 15) is 19.5 Å². The number of ether oxygens (including phenoxy) is 4. The van der Waals surface area contributed by atoms with Crippen LogP contribution >= 0.6 is 0 Å². The molecule has 9 nitrogen and oxygen atoms in total. The first-order valence-electron chi connectivity index (χ1n) is 45.0. The molecule has 0 bridgehead atoms. The molecule has 0 radical (unpaired) electrons. The minimum absolute atomic E-state index is 0.152. The number of carboxylic acids is 1. The number of aliphatic carboxylic acids is 1. The Kier molecular flexibility index (Phi) is 80.6. The van der Waals surface area contributed by atoms with Crippen LogP contribution in [0.1, 0.15) is 483 Å². The molecule has 0 aliphatic rings. The van der Waals surface area contributed by atoms with Gasteiger partial charge in [0.15, 0.2) is 12.4 Å². The van der Waals surface area contributed by atoms with Gasteiger partial charge < -0.3 is 33.3 Å². The molecule has 0 spiro atoms. The van der Waals surface area contributed by atoms with E-state index in [0.717, 1.165) is 44.9 Å². The van der Waals surface area contributed by atoms with Crippen LogP contribution in [-0.4, -0.2) is 82.3 Å². The number of esters is 2. The van der Waals surface area contributed by atoms with Crippen molar-refractivity contribution in [3.8, 4) is 0 Å². The van der Waals surface area contributed by atoms with Gasteiger partial charge in [0.1, 0.15) is 13.2 Å². The topological polar surface area (TPSA) is 111 Å². The van der Waals surface area contributed by atoms with Gasteiger partial charge in [-0.25, -0.2) is 0 Å². The zero-order chi connectivity index (χ0) is 72.5.